The number of imidazole rings is 1. The predicted molar refractivity (Wildman–Crippen MR) is 98.3 cm³/mol. The third-order valence-corrected chi connectivity index (χ3v) is 5.42. The van der Waals surface area contributed by atoms with Crippen LogP contribution in [0.2, 0.25) is 0 Å². The molecule has 5 rings (SSSR count). The van der Waals surface area contributed by atoms with Crippen LogP contribution in [0, 0.1) is 6.92 Å². The number of pyridine rings is 1. The summed E-state index contributed by atoms with van der Waals surface area (Å²) in [4.78, 5) is 7.25. The van der Waals surface area contributed by atoms with E-state index in [4.69, 9.17) is 0 Å². The molecule has 2 nitrogen and oxygen atoms in total. The zero-order valence-corrected chi connectivity index (χ0v) is 13.5. The van der Waals surface area contributed by atoms with Gasteiger partial charge in [-0.1, -0.05) is 36.4 Å². The number of thiophene rings is 1. The van der Waals surface area contributed by atoms with E-state index < -0.39 is 0 Å². The third kappa shape index (κ3) is 1.77. The number of hydrogen-bond acceptors (Lipinski definition) is 2. The van der Waals surface area contributed by atoms with Crippen LogP contribution >= 0.6 is 11.3 Å². The Hall–Kier alpha value is -2.65. The van der Waals surface area contributed by atoms with Crippen molar-refractivity contribution in [1.82, 2.24) is 9.38 Å². The number of para-hydroxylation sites is 1. The van der Waals surface area contributed by atoms with E-state index in [0.29, 0.717) is 0 Å². The molecule has 0 unspecified atom stereocenters. The van der Waals surface area contributed by atoms with Crippen LogP contribution in [0.15, 0.2) is 67.0 Å². The number of rotatable bonds is 1. The summed E-state index contributed by atoms with van der Waals surface area (Å²) >= 11 is 1.84. The van der Waals surface area contributed by atoms with Gasteiger partial charge in [-0.2, -0.15) is 0 Å². The van der Waals surface area contributed by atoms with Crippen molar-refractivity contribution in [3.05, 3.63) is 71.9 Å². The molecule has 3 heteroatoms. The predicted octanol–water partition coefficient (Wildman–Crippen LogP) is 5.68. The number of aromatic nitrogens is 2. The van der Waals surface area contributed by atoms with Gasteiger partial charge in [0.15, 0.2) is 0 Å². The largest absolute Gasteiger partial charge is 0.299 e. The van der Waals surface area contributed by atoms with Crippen molar-refractivity contribution in [2.75, 3.05) is 0 Å². The fourth-order valence-corrected chi connectivity index (χ4v) is 4.30. The maximum atomic E-state index is 4.60. The first-order chi connectivity index (χ1) is 11.3. The Kier molecular flexibility index (Phi) is 2.61. The molecule has 0 aliphatic heterocycles. The highest BCUT2D eigenvalue weighted by atomic mass is 32.1. The van der Waals surface area contributed by atoms with E-state index in [1.807, 2.05) is 23.7 Å². The highest BCUT2D eigenvalue weighted by Gasteiger charge is 2.13. The van der Waals surface area contributed by atoms with Gasteiger partial charge in [0.05, 0.1) is 5.52 Å². The summed E-state index contributed by atoms with van der Waals surface area (Å²) in [7, 11) is 0. The summed E-state index contributed by atoms with van der Waals surface area (Å²) in [5.74, 6) is 0. The number of hydrogen-bond donors (Lipinski definition) is 0. The van der Waals surface area contributed by atoms with E-state index in [0.717, 1.165) is 5.65 Å². The fourth-order valence-electron chi connectivity index (χ4n) is 3.41. The lowest BCUT2D eigenvalue weighted by molar-refractivity contribution is 1.27. The van der Waals surface area contributed by atoms with Crippen molar-refractivity contribution in [3.8, 4) is 10.4 Å². The van der Waals surface area contributed by atoms with Gasteiger partial charge in [-0.3, -0.25) is 4.40 Å². The molecule has 23 heavy (non-hydrogen) atoms. The average Bonchev–Trinajstić information content (AvgIpc) is 3.23. The zero-order chi connectivity index (χ0) is 15.4. The molecule has 5 aromatic rings. The van der Waals surface area contributed by atoms with Crippen LogP contribution in [0.4, 0.5) is 0 Å². The number of nitrogens with zero attached hydrogens (tertiary/aromatic N) is 2. The molecular weight excluding hydrogens is 300 g/mol. The van der Waals surface area contributed by atoms with Gasteiger partial charge in [-0.15, -0.1) is 11.3 Å². The molecule has 0 N–H and O–H groups in total. The van der Waals surface area contributed by atoms with Crippen LogP contribution < -0.4 is 0 Å². The molecule has 110 valence electrons. The molecule has 0 atom stereocenters. The SMILES string of the molecule is Cc1ccc(-c2cccc3c2c2ccccc2n2ccnc32)s1. The Morgan fingerprint density at radius 3 is 2.65 bits per heavy atom. The lowest BCUT2D eigenvalue weighted by Crippen LogP contribution is -1.91. The van der Waals surface area contributed by atoms with Crippen LogP contribution in [-0.2, 0) is 0 Å². The van der Waals surface area contributed by atoms with Gasteiger partial charge >= 0.3 is 0 Å². The van der Waals surface area contributed by atoms with Crippen molar-refractivity contribution in [2.24, 2.45) is 0 Å². The smallest absolute Gasteiger partial charge is 0.145 e. The van der Waals surface area contributed by atoms with Crippen LogP contribution in [0.5, 0.6) is 0 Å². The maximum absolute atomic E-state index is 4.60. The molecule has 3 heterocycles. The second-order valence-electron chi connectivity index (χ2n) is 5.78. The first-order valence-electron chi connectivity index (χ1n) is 7.66. The molecule has 3 aromatic heterocycles. The summed E-state index contributed by atoms with van der Waals surface area (Å²) in [6, 6.07) is 19.5. The fraction of sp³-hybridized carbons (Fsp3) is 0.0500. The molecule has 0 saturated heterocycles. The topological polar surface area (TPSA) is 17.3 Å². The molecule has 0 amide bonds. The minimum atomic E-state index is 1.02. The lowest BCUT2D eigenvalue weighted by Gasteiger charge is -2.11. The lowest BCUT2D eigenvalue weighted by atomic mass is 9.99. The Morgan fingerprint density at radius 1 is 0.913 bits per heavy atom. The molecule has 0 aliphatic rings. The monoisotopic (exact) mass is 314 g/mol. The summed E-state index contributed by atoms with van der Waals surface area (Å²) in [6.07, 6.45) is 3.92. The first-order valence-corrected chi connectivity index (χ1v) is 8.48. The van der Waals surface area contributed by atoms with Crippen molar-refractivity contribution >= 4 is 38.7 Å². The van der Waals surface area contributed by atoms with Crippen molar-refractivity contribution in [2.45, 2.75) is 6.92 Å². The highest BCUT2D eigenvalue weighted by Crippen LogP contribution is 2.38. The molecule has 0 bridgehead atoms. The minimum absolute atomic E-state index is 1.02. The summed E-state index contributed by atoms with van der Waals surface area (Å²) in [5.41, 5.74) is 3.52. The van der Waals surface area contributed by atoms with E-state index in [1.54, 1.807) is 0 Å². The number of aryl methyl sites for hydroxylation is 1. The quantitative estimate of drug-likeness (QED) is 0.364. The van der Waals surface area contributed by atoms with Gasteiger partial charge in [-0.25, -0.2) is 4.98 Å². The second kappa shape index (κ2) is 4.67. The Morgan fingerprint density at radius 2 is 1.78 bits per heavy atom. The van der Waals surface area contributed by atoms with Crippen LogP contribution in [0.25, 0.3) is 37.8 Å². The average molecular weight is 314 g/mol. The van der Waals surface area contributed by atoms with E-state index >= 15 is 0 Å². The van der Waals surface area contributed by atoms with Gasteiger partial charge in [0.25, 0.3) is 0 Å². The van der Waals surface area contributed by atoms with E-state index in [-0.39, 0.29) is 0 Å². The normalized spacial score (nSPS) is 11.7. The molecule has 0 aliphatic carbocycles. The van der Waals surface area contributed by atoms with Gasteiger partial charge in [0, 0.05) is 43.9 Å². The van der Waals surface area contributed by atoms with Crippen LogP contribution in [0.1, 0.15) is 4.88 Å². The van der Waals surface area contributed by atoms with Crippen LogP contribution in [-0.4, -0.2) is 9.38 Å². The standard InChI is InChI=1S/C20H14N2S/c1-13-9-10-18(23-13)15-6-4-7-16-19(15)14-5-2-3-8-17(14)22-12-11-21-20(16)22/h2-12H,1H3. The van der Waals surface area contributed by atoms with Gasteiger partial charge in [0.1, 0.15) is 5.65 Å². The molecule has 0 spiro atoms. The summed E-state index contributed by atoms with van der Waals surface area (Å²) in [5, 5.41) is 3.77. The van der Waals surface area contributed by atoms with Crippen molar-refractivity contribution in [1.29, 1.82) is 0 Å². The van der Waals surface area contributed by atoms with Gasteiger partial charge in [-0.05, 0) is 25.1 Å². The molecule has 0 radical (unpaired) electrons. The maximum Gasteiger partial charge on any atom is 0.145 e. The Balaban J connectivity index is 2.07. The molecule has 0 saturated carbocycles. The van der Waals surface area contributed by atoms with Crippen molar-refractivity contribution < 1.29 is 0 Å². The van der Waals surface area contributed by atoms with Gasteiger partial charge in [0.2, 0.25) is 0 Å². The summed E-state index contributed by atoms with van der Waals surface area (Å²) < 4.78 is 2.18. The molecule has 2 aromatic carbocycles. The number of benzene rings is 2. The highest BCUT2D eigenvalue weighted by molar-refractivity contribution is 7.15. The first kappa shape index (κ1) is 12.9. The third-order valence-electron chi connectivity index (χ3n) is 4.38. The van der Waals surface area contributed by atoms with Gasteiger partial charge < -0.3 is 0 Å². The Bertz CT molecular complexity index is 1180. The summed E-state index contributed by atoms with van der Waals surface area (Å²) in [6.45, 7) is 2.16. The van der Waals surface area contributed by atoms with E-state index in [1.165, 1.54) is 37.0 Å². The number of fused-ring (bicyclic) bond motifs is 6. The second-order valence-corrected chi connectivity index (χ2v) is 7.06. The molecule has 0 fully saturated rings. The van der Waals surface area contributed by atoms with E-state index in [2.05, 4.69) is 70.9 Å². The van der Waals surface area contributed by atoms with Crippen molar-refractivity contribution in [3.63, 3.8) is 0 Å². The Labute approximate surface area is 137 Å². The molecular formula is C20H14N2S. The van der Waals surface area contributed by atoms with E-state index in [9.17, 15) is 0 Å². The zero-order valence-electron chi connectivity index (χ0n) is 12.7. The minimum Gasteiger partial charge on any atom is -0.299 e. The van der Waals surface area contributed by atoms with Crippen LogP contribution in [0.3, 0.4) is 0 Å².